The molecule has 90 valence electrons. The van der Waals surface area contributed by atoms with Gasteiger partial charge in [-0.1, -0.05) is 19.4 Å². The van der Waals surface area contributed by atoms with Crippen LogP contribution < -0.4 is 11.1 Å². The van der Waals surface area contributed by atoms with Crippen molar-refractivity contribution in [3.05, 3.63) is 22.4 Å². The minimum absolute atomic E-state index is 0.238. The van der Waals surface area contributed by atoms with Crippen molar-refractivity contribution in [1.82, 2.24) is 5.32 Å². The highest BCUT2D eigenvalue weighted by atomic mass is 32.1. The maximum Gasteiger partial charge on any atom is 0.242 e. The maximum atomic E-state index is 11.6. The summed E-state index contributed by atoms with van der Waals surface area (Å²) in [6.07, 6.45) is 1.10. The molecule has 2 atom stereocenters. The van der Waals surface area contributed by atoms with Gasteiger partial charge in [-0.25, -0.2) is 0 Å². The van der Waals surface area contributed by atoms with Gasteiger partial charge < -0.3 is 16.2 Å². The summed E-state index contributed by atoms with van der Waals surface area (Å²) in [5.41, 5.74) is 5.76. The zero-order chi connectivity index (χ0) is 12.0. The van der Waals surface area contributed by atoms with Crippen molar-refractivity contribution in [2.45, 2.75) is 31.9 Å². The molecule has 1 amide bonds. The van der Waals surface area contributed by atoms with Crippen LogP contribution in [0.4, 0.5) is 0 Å². The van der Waals surface area contributed by atoms with E-state index in [1.807, 2.05) is 24.4 Å². The van der Waals surface area contributed by atoms with Gasteiger partial charge in [-0.15, -0.1) is 11.3 Å². The van der Waals surface area contributed by atoms with Gasteiger partial charge in [0.05, 0.1) is 6.10 Å². The quantitative estimate of drug-likeness (QED) is 0.697. The first-order valence-electron chi connectivity index (χ1n) is 5.40. The second kappa shape index (κ2) is 6.62. The van der Waals surface area contributed by atoms with Crippen molar-refractivity contribution in [2.75, 3.05) is 6.54 Å². The van der Waals surface area contributed by atoms with Crippen molar-refractivity contribution in [2.24, 2.45) is 5.73 Å². The minimum atomic E-state index is -0.631. The Morgan fingerprint density at radius 3 is 3.00 bits per heavy atom. The van der Waals surface area contributed by atoms with Gasteiger partial charge in [0.2, 0.25) is 5.91 Å². The Morgan fingerprint density at radius 1 is 1.69 bits per heavy atom. The van der Waals surface area contributed by atoms with Gasteiger partial charge in [-0.3, -0.25) is 4.79 Å². The zero-order valence-electron chi connectivity index (χ0n) is 9.35. The number of nitrogens with two attached hydrogens (primary N) is 1. The van der Waals surface area contributed by atoms with Crippen molar-refractivity contribution in [3.8, 4) is 0 Å². The molecule has 0 aromatic carbocycles. The molecule has 0 aliphatic rings. The molecule has 0 saturated heterocycles. The molecule has 0 bridgehead atoms. The fourth-order valence-electron chi connectivity index (χ4n) is 1.36. The van der Waals surface area contributed by atoms with Gasteiger partial charge >= 0.3 is 0 Å². The van der Waals surface area contributed by atoms with Gasteiger partial charge in [-0.05, 0) is 17.9 Å². The topological polar surface area (TPSA) is 75.3 Å². The third-order valence-corrected chi connectivity index (χ3v) is 3.22. The highest BCUT2D eigenvalue weighted by molar-refractivity contribution is 7.10. The monoisotopic (exact) mass is 242 g/mol. The van der Waals surface area contributed by atoms with E-state index < -0.39 is 12.1 Å². The summed E-state index contributed by atoms with van der Waals surface area (Å²) in [6, 6.07) is 3.06. The average molecular weight is 242 g/mol. The molecule has 1 aromatic heterocycles. The Morgan fingerprint density at radius 2 is 2.44 bits per heavy atom. The highest BCUT2D eigenvalue weighted by Crippen LogP contribution is 2.16. The lowest BCUT2D eigenvalue weighted by Gasteiger charge is -2.13. The van der Waals surface area contributed by atoms with E-state index in [0.717, 1.165) is 11.3 Å². The summed E-state index contributed by atoms with van der Waals surface area (Å²) in [7, 11) is 0. The van der Waals surface area contributed by atoms with E-state index in [1.54, 1.807) is 0 Å². The van der Waals surface area contributed by atoms with E-state index in [0.29, 0.717) is 6.42 Å². The summed E-state index contributed by atoms with van der Waals surface area (Å²) in [5, 5.41) is 14.0. The molecule has 4 N–H and O–H groups in total. The molecule has 1 aromatic rings. The van der Waals surface area contributed by atoms with Crippen LogP contribution in [0.3, 0.4) is 0 Å². The summed E-state index contributed by atoms with van der Waals surface area (Å²) >= 11 is 1.46. The van der Waals surface area contributed by atoms with Crippen LogP contribution in [0, 0.1) is 0 Å². The Balaban J connectivity index is 2.35. The predicted octanol–water partition coefficient (Wildman–Crippen LogP) is 1.03. The van der Waals surface area contributed by atoms with E-state index in [9.17, 15) is 9.90 Å². The lowest BCUT2D eigenvalue weighted by Crippen LogP contribution is -2.38. The van der Waals surface area contributed by atoms with Crippen LogP contribution in [-0.2, 0) is 4.79 Å². The largest absolute Gasteiger partial charge is 0.391 e. The molecule has 1 heterocycles. The van der Waals surface area contributed by atoms with Gasteiger partial charge in [0.1, 0.15) is 6.04 Å². The second-order valence-electron chi connectivity index (χ2n) is 3.68. The van der Waals surface area contributed by atoms with Crippen LogP contribution in [0.5, 0.6) is 0 Å². The SMILES string of the molecule is CCCC(O)CNC(=O)C(N)c1cccs1. The molecule has 0 radical (unpaired) electrons. The van der Waals surface area contributed by atoms with Crippen LogP contribution in [0.15, 0.2) is 17.5 Å². The van der Waals surface area contributed by atoms with Crippen LogP contribution in [-0.4, -0.2) is 23.7 Å². The lowest BCUT2D eigenvalue weighted by atomic mass is 10.2. The van der Waals surface area contributed by atoms with Crippen LogP contribution >= 0.6 is 11.3 Å². The predicted molar refractivity (Wildman–Crippen MR) is 65.2 cm³/mol. The number of amides is 1. The molecule has 0 aliphatic heterocycles. The Bertz CT molecular complexity index is 314. The third-order valence-electron chi connectivity index (χ3n) is 2.27. The molecule has 0 spiro atoms. The second-order valence-corrected chi connectivity index (χ2v) is 4.66. The van der Waals surface area contributed by atoms with E-state index in [1.165, 1.54) is 11.3 Å². The standard InChI is InChI=1S/C11H18N2O2S/c1-2-4-8(14)7-13-11(15)10(12)9-5-3-6-16-9/h3,5-6,8,10,14H,2,4,7,12H2,1H3,(H,13,15). The number of aliphatic hydroxyl groups excluding tert-OH is 1. The van der Waals surface area contributed by atoms with Crippen molar-refractivity contribution in [3.63, 3.8) is 0 Å². The van der Waals surface area contributed by atoms with Crippen molar-refractivity contribution in [1.29, 1.82) is 0 Å². The summed E-state index contributed by atoms with van der Waals surface area (Å²) in [4.78, 5) is 12.4. The number of hydrogen-bond donors (Lipinski definition) is 3. The summed E-state index contributed by atoms with van der Waals surface area (Å²) in [5.74, 6) is -0.238. The zero-order valence-corrected chi connectivity index (χ0v) is 10.2. The number of nitrogens with one attached hydrogen (secondary N) is 1. The van der Waals surface area contributed by atoms with Gasteiger partial charge in [-0.2, -0.15) is 0 Å². The maximum absolute atomic E-state index is 11.6. The number of hydrogen-bond acceptors (Lipinski definition) is 4. The fraction of sp³-hybridized carbons (Fsp3) is 0.545. The fourth-order valence-corrected chi connectivity index (χ4v) is 2.09. The minimum Gasteiger partial charge on any atom is -0.391 e. The third kappa shape index (κ3) is 3.92. The summed E-state index contributed by atoms with van der Waals surface area (Å²) < 4.78 is 0. The normalized spacial score (nSPS) is 14.4. The van der Waals surface area contributed by atoms with Crippen LogP contribution in [0.2, 0.25) is 0 Å². The smallest absolute Gasteiger partial charge is 0.242 e. The number of carbonyl (C=O) groups is 1. The molecule has 5 heteroatoms. The Hall–Kier alpha value is -0.910. The van der Waals surface area contributed by atoms with Gasteiger partial charge in [0.15, 0.2) is 0 Å². The molecule has 0 aliphatic carbocycles. The van der Waals surface area contributed by atoms with E-state index in [-0.39, 0.29) is 12.5 Å². The molecule has 1 rings (SSSR count). The first kappa shape index (κ1) is 13.2. The molecular formula is C11H18N2O2S. The molecule has 0 fully saturated rings. The van der Waals surface area contributed by atoms with E-state index >= 15 is 0 Å². The van der Waals surface area contributed by atoms with E-state index in [2.05, 4.69) is 5.32 Å². The Labute approximate surface area is 99.5 Å². The number of rotatable bonds is 6. The molecular weight excluding hydrogens is 224 g/mol. The molecule has 16 heavy (non-hydrogen) atoms. The molecule has 2 unspecified atom stereocenters. The molecule has 4 nitrogen and oxygen atoms in total. The summed E-state index contributed by atoms with van der Waals surface area (Å²) in [6.45, 7) is 2.26. The molecule has 0 saturated carbocycles. The first-order chi connectivity index (χ1) is 7.65. The van der Waals surface area contributed by atoms with Crippen LogP contribution in [0.25, 0.3) is 0 Å². The van der Waals surface area contributed by atoms with Gasteiger partial charge in [0.25, 0.3) is 0 Å². The van der Waals surface area contributed by atoms with Gasteiger partial charge in [0, 0.05) is 11.4 Å². The Kier molecular flexibility index (Phi) is 5.45. The van der Waals surface area contributed by atoms with Crippen molar-refractivity contribution >= 4 is 17.2 Å². The van der Waals surface area contributed by atoms with Crippen molar-refractivity contribution < 1.29 is 9.90 Å². The number of thiophene rings is 1. The average Bonchev–Trinajstić information content (AvgIpc) is 2.78. The first-order valence-corrected chi connectivity index (χ1v) is 6.27. The highest BCUT2D eigenvalue weighted by Gasteiger charge is 2.16. The number of carbonyl (C=O) groups excluding carboxylic acids is 1. The number of aliphatic hydroxyl groups is 1. The lowest BCUT2D eigenvalue weighted by molar-refractivity contribution is -0.122. The van der Waals surface area contributed by atoms with E-state index in [4.69, 9.17) is 5.73 Å². The van der Waals surface area contributed by atoms with Crippen LogP contribution in [0.1, 0.15) is 30.7 Å².